The van der Waals surface area contributed by atoms with Crippen molar-refractivity contribution >= 4 is 17.3 Å². The summed E-state index contributed by atoms with van der Waals surface area (Å²) in [6.07, 6.45) is -0.0693. The van der Waals surface area contributed by atoms with Crippen molar-refractivity contribution in [1.29, 1.82) is 0 Å². The van der Waals surface area contributed by atoms with Crippen molar-refractivity contribution in [3.63, 3.8) is 0 Å². The summed E-state index contributed by atoms with van der Waals surface area (Å²) in [5, 5.41) is 19.9. The zero-order valence-corrected chi connectivity index (χ0v) is 17.7. The van der Waals surface area contributed by atoms with Crippen molar-refractivity contribution in [2.45, 2.75) is 45.8 Å². The van der Waals surface area contributed by atoms with Crippen LogP contribution >= 0.6 is 11.3 Å². The molecular formula is C20H28F2N4O2S. The number of hydrogen-bond acceptors (Lipinski definition) is 5. The van der Waals surface area contributed by atoms with Crippen molar-refractivity contribution in [1.82, 2.24) is 15.6 Å². The van der Waals surface area contributed by atoms with E-state index in [4.69, 9.17) is 0 Å². The minimum Gasteiger partial charge on any atom is -0.435 e. The molecule has 0 bridgehead atoms. The van der Waals surface area contributed by atoms with E-state index in [2.05, 4.69) is 44.6 Å². The molecule has 1 atom stereocenters. The van der Waals surface area contributed by atoms with Crippen molar-refractivity contribution in [2.24, 2.45) is 4.99 Å². The molecule has 0 aliphatic rings. The standard InChI is InChI=1S/C20H28F2N4O2S/c1-4-23-20(24-10-9-15-12-29-18(26-15)13(2)3)25-11-17(27)14-5-7-16(8-6-14)28-19(21)22/h5-8,12-13,17,19,27H,4,9-11H2,1-3H3,(H2,23,24,25). The normalized spacial score (nSPS) is 13.0. The number of thiazole rings is 1. The summed E-state index contributed by atoms with van der Waals surface area (Å²) in [5.41, 5.74) is 1.63. The third kappa shape index (κ3) is 7.94. The van der Waals surface area contributed by atoms with E-state index in [1.807, 2.05) is 6.92 Å². The molecule has 2 rings (SSSR count). The van der Waals surface area contributed by atoms with Gasteiger partial charge in [-0.25, -0.2) is 4.98 Å². The summed E-state index contributed by atoms with van der Waals surface area (Å²) in [5.74, 6) is 1.08. The van der Waals surface area contributed by atoms with Gasteiger partial charge < -0.3 is 20.5 Å². The van der Waals surface area contributed by atoms with Gasteiger partial charge in [0.25, 0.3) is 0 Å². The van der Waals surface area contributed by atoms with Gasteiger partial charge in [-0.05, 0) is 24.6 Å². The quantitative estimate of drug-likeness (QED) is 0.399. The van der Waals surface area contributed by atoms with Gasteiger partial charge in [-0.15, -0.1) is 11.3 Å². The summed E-state index contributed by atoms with van der Waals surface area (Å²) in [6.45, 7) is 4.84. The second kappa shape index (κ2) is 11.7. The van der Waals surface area contributed by atoms with Gasteiger partial charge in [0, 0.05) is 30.8 Å². The van der Waals surface area contributed by atoms with Crippen LogP contribution in [0.3, 0.4) is 0 Å². The fourth-order valence-corrected chi connectivity index (χ4v) is 3.38. The van der Waals surface area contributed by atoms with E-state index in [1.165, 1.54) is 12.1 Å². The molecule has 0 saturated heterocycles. The number of aliphatic hydroxyl groups is 1. The van der Waals surface area contributed by atoms with Gasteiger partial charge in [-0.2, -0.15) is 8.78 Å². The van der Waals surface area contributed by atoms with Crippen LogP contribution in [-0.4, -0.2) is 42.3 Å². The van der Waals surface area contributed by atoms with E-state index in [0.29, 0.717) is 30.5 Å². The lowest BCUT2D eigenvalue weighted by molar-refractivity contribution is -0.0498. The molecule has 3 N–H and O–H groups in total. The number of nitrogens with zero attached hydrogens (tertiary/aromatic N) is 2. The lowest BCUT2D eigenvalue weighted by atomic mass is 10.1. The molecular weight excluding hydrogens is 398 g/mol. The first-order chi connectivity index (χ1) is 13.9. The minimum absolute atomic E-state index is 0.0529. The number of ether oxygens (including phenoxy) is 1. The van der Waals surface area contributed by atoms with Gasteiger partial charge >= 0.3 is 6.61 Å². The molecule has 0 aliphatic carbocycles. The third-order valence-corrected chi connectivity index (χ3v) is 5.19. The smallest absolute Gasteiger partial charge is 0.387 e. The maximum atomic E-state index is 12.2. The van der Waals surface area contributed by atoms with E-state index in [-0.39, 0.29) is 12.3 Å². The van der Waals surface area contributed by atoms with Crippen molar-refractivity contribution in [2.75, 3.05) is 19.6 Å². The van der Waals surface area contributed by atoms with Crippen LogP contribution in [0, 0.1) is 0 Å². The Morgan fingerprint density at radius 3 is 2.55 bits per heavy atom. The third-order valence-electron chi connectivity index (χ3n) is 3.99. The molecule has 6 nitrogen and oxygen atoms in total. The van der Waals surface area contributed by atoms with Crippen LogP contribution in [0.4, 0.5) is 8.78 Å². The highest BCUT2D eigenvalue weighted by atomic mass is 32.1. The van der Waals surface area contributed by atoms with E-state index < -0.39 is 12.7 Å². The van der Waals surface area contributed by atoms with E-state index >= 15 is 0 Å². The zero-order chi connectivity index (χ0) is 21.2. The fourth-order valence-electron chi connectivity index (χ4n) is 2.51. The van der Waals surface area contributed by atoms with Gasteiger partial charge in [0.15, 0.2) is 5.96 Å². The molecule has 0 aliphatic heterocycles. The van der Waals surface area contributed by atoms with Crippen LogP contribution in [0.15, 0.2) is 34.6 Å². The number of benzene rings is 1. The lowest BCUT2D eigenvalue weighted by Crippen LogP contribution is -2.38. The van der Waals surface area contributed by atoms with Gasteiger partial charge in [0.05, 0.1) is 23.4 Å². The number of aromatic nitrogens is 1. The van der Waals surface area contributed by atoms with Gasteiger partial charge in [0.1, 0.15) is 5.75 Å². The first-order valence-electron chi connectivity index (χ1n) is 9.58. The van der Waals surface area contributed by atoms with Crippen LogP contribution in [0.1, 0.15) is 49.1 Å². The van der Waals surface area contributed by atoms with E-state index in [0.717, 1.165) is 17.1 Å². The fraction of sp³-hybridized carbons (Fsp3) is 0.500. The molecule has 1 heterocycles. The Labute approximate surface area is 174 Å². The van der Waals surface area contributed by atoms with Crippen LogP contribution < -0.4 is 15.4 Å². The summed E-state index contributed by atoms with van der Waals surface area (Å²) in [4.78, 5) is 9.01. The summed E-state index contributed by atoms with van der Waals surface area (Å²) in [6, 6.07) is 5.90. The molecule has 1 aromatic heterocycles. The molecule has 0 amide bonds. The molecule has 1 aromatic carbocycles. The Bertz CT molecular complexity index is 766. The van der Waals surface area contributed by atoms with E-state index in [1.54, 1.807) is 23.5 Å². The van der Waals surface area contributed by atoms with Gasteiger partial charge in [0.2, 0.25) is 0 Å². The lowest BCUT2D eigenvalue weighted by Gasteiger charge is -2.13. The highest BCUT2D eigenvalue weighted by Crippen LogP contribution is 2.20. The van der Waals surface area contributed by atoms with Crippen molar-refractivity contribution < 1.29 is 18.6 Å². The Morgan fingerprint density at radius 2 is 1.97 bits per heavy atom. The van der Waals surface area contributed by atoms with Crippen LogP contribution in [0.2, 0.25) is 0 Å². The second-order valence-electron chi connectivity index (χ2n) is 6.69. The summed E-state index contributed by atoms with van der Waals surface area (Å²) in [7, 11) is 0. The topological polar surface area (TPSA) is 78.8 Å². The van der Waals surface area contributed by atoms with Gasteiger partial charge in [-0.1, -0.05) is 26.0 Å². The SMILES string of the molecule is CCNC(=NCC(O)c1ccc(OC(F)F)cc1)NCCc1csc(C(C)C)n1. The average molecular weight is 427 g/mol. The predicted molar refractivity (Wildman–Crippen MR) is 112 cm³/mol. The largest absolute Gasteiger partial charge is 0.435 e. The Balaban J connectivity index is 1.86. The highest BCUT2D eigenvalue weighted by molar-refractivity contribution is 7.09. The number of hydrogen-bond donors (Lipinski definition) is 3. The molecule has 0 fully saturated rings. The number of alkyl halides is 2. The van der Waals surface area contributed by atoms with Crippen LogP contribution in [-0.2, 0) is 6.42 Å². The molecule has 9 heteroatoms. The maximum absolute atomic E-state index is 12.2. The van der Waals surface area contributed by atoms with Gasteiger partial charge in [-0.3, -0.25) is 4.99 Å². The van der Waals surface area contributed by atoms with E-state index in [9.17, 15) is 13.9 Å². The number of guanidine groups is 1. The molecule has 0 spiro atoms. The summed E-state index contributed by atoms with van der Waals surface area (Å²) < 4.78 is 28.7. The molecule has 29 heavy (non-hydrogen) atoms. The maximum Gasteiger partial charge on any atom is 0.387 e. The zero-order valence-electron chi connectivity index (χ0n) is 16.9. The predicted octanol–water partition coefficient (Wildman–Crippen LogP) is 3.70. The minimum atomic E-state index is -2.87. The average Bonchev–Trinajstić information content (AvgIpc) is 3.15. The highest BCUT2D eigenvalue weighted by Gasteiger charge is 2.10. The number of nitrogens with one attached hydrogen (secondary N) is 2. The van der Waals surface area contributed by atoms with Crippen molar-refractivity contribution in [3.8, 4) is 5.75 Å². The Morgan fingerprint density at radius 1 is 1.24 bits per heavy atom. The number of aliphatic imine (C=N–C) groups is 1. The first kappa shape index (κ1) is 23.0. The number of halogens is 2. The molecule has 2 aromatic rings. The number of aliphatic hydroxyl groups excluding tert-OH is 1. The van der Waals surface area contributed by atoms with Crippen LogP contribution in [0.25, 0.3) is 0 Å². The monoisotopic (exact) mass is 426 g/mol. The molecule has 1 unspecified atom stereocenters. The first-order valence-corrected chi connectivity index (χ1v) is 10.5. The molecule has 160 valence electrons. The molecule has 0 saturated carbocycles. The van der Waals surface area contributed by atoms with Crippen molar-refractivity contribution in [3.05, 3.63) is 45.9 Å². The second-order valence-corrected chi connectivity index (χ2v) is 7.58. The van der Waals surface area contributed by atoms with Crippen LogP contribution in [0.5, 0.6) is 5.75 Å². The molecule has 0 radical (unpaired) electrons. The Hall–Kier alpha value is -2.26. The number of rotatable bonds is 10. The Kier molecular flexibility index (Phi) is 9.27. The summed E-state index contributed by atoms with van der Waals surface area (Å²) >= 11 is 1.67.